The highest BCUT2D eigenvalue weighted by Crippen LogP contribution is 2.25. The Hall–Kier alpha value is -8.94. The van der Waals surface area contributed by atoms with Crippen LogP contribution >= 0.6 is 11.8 Å². The fraction of sp³-hybridized carbons (Fsp3) is 0.475. The van der Waals surface area contributed by atoms with Crippen LogP contribution in [0, 0.1) is 17.5 Å². The second-order valence-corrected chi connectivity index (χ2v) is 23.2. The van der Waals surface area contributed by atoms with Gasteiger partial charge in [-0.1, -0.05) is 68.3 Å². The number of aliphatic hydroxyl groups excluding tert-OH is 1. The number of hydrogen-bond donors (Lipinski definition) is 12. The molecule has 0 aliphatic carbocycles. The van der Waals surface area contributed by atoms with Crippen LogP contribution in [0.1, 0.15) is 68.6 Å². The molecule has 0 saturated carbocycles. The van der Waals surface area contributed by atoms with Crippen molar-refractivity contribution in [3.63, 3.8) is 0 Å². The molecule has 14 N–H and O–H groups in total. The number of thioether (sulfide) groups is 1. The third kappa shape index (κ3) is 21.6. The molecule has 1 aliphatic rings. The molecule has 4 aromatic rings. The highest BCUT2D eigenvalue weighted by molar-refractivity contribution is 8.00. The molecule has 2 heterocycles. The number of aliphatic carboxylic acids is 1. The number of β-amino-alcohol motifs (C(OH)–C–C–N with tert-alkyl or cyclic N) is 1. The molecule has 500 valence electrons. The van der Waals surface area contributed by atoms with Gasteiger partial charge in [-0.15, -0.1) is 11.8 Å². The fourth-order valence-corrected chi connectivity index (χ4v) is 11.2. The third-order valence-corrected chi connectivity index (χ3v) is 16.3. The summed E-state index contributed by atoms with van der Waals surface area (Å²) in [5, 5.41) is 38.5. The van der Waals surface area contributed by atoms with E-state index in [1.165, 1.54) is 14.1 Å². The van der Waals surface area contributed by atoms with E-state index in [0.29, 0.717) is 30.5 Å². The summed E-state index contributed by atoms with van der Waals surface area (Å²) in [4.78, 5) is 167. The topological polar surface area (TPSA) is 407 Å². The number of carbonyl (C=O) groups is 12. The summed E-state index contributed by atoms with van der Waals surface area (Å²) in [6.45, 7) is 0.265. The maximum atomic E-state index is 15.1. The lowest BCUT2D eigenvalue weighted by Crippen LogP contribution is -2.59. The van der Waals surface area contributed by atoms with Gasteiger partial charge >= 0.3 is 5.97 Å². The number of aldehydes is 1. The number of hydrogen-bond acceptors (Lipinski definition) is 16. The maximum absolute atomic E-state index is 15.1. The summed E-state index contributed by atoms with van der Waals surface area (Å²) in [5.41, 5.74) is 12.9. The number of carboxylic acids is 1. The Balaban J connectivity index is 1.36. The Kier molecular flexibility index (Phi) is 29.0. The summed E-state index contributed by atoms with van der Waals surface area (Å²) in [6, 6.07) is 5.79. The Morgan fingerprint density at radius 2 is 1.39 bits per heavy atom. The van der Waals surface area contributed by atoms with E-state index in [9.17, 15) is 71.3 Å². The standard InChI is InChI=1S/C61H80F3N13O14S/c1-5-6-18-47(61(91)77-30-38(79)26-48(77)58(88)71-37(31-78)25-53(83)84)75(3)60(90)49(23-34-13-8-7-9-14-34)76(4)59(89)45(22-35-20-40(62)54(64)41(63)21-35)73-52(82)33-92-32-46(56(86)69-28-50(66)80)74-57(87)43(17-12-19-65)72-51(81)29-70-55(85)44(67-2)24-36-27-68-42-16-11-10-15-39(36)42/h7-11,13-16,20-21,27,31,37-38,43-49,67-68,79H,5-6,12,17-19,22-26,28-30,32-33,65H2,1-4H3,(H2,66,80)(H,69,86)(H,70,85)(H,71,88)(H,72,81)(H,73,82)(H,74,87)(H,83,84)/t37-,38-,43-,44-,45-,46-,47-,48+,49?/m0/s1. The average molecular weight is 1310 g/mol. The van der Waals surface area contributed by atoms with Gasteiger partial charge in [0, 0.05) is 62.8 Å². The number of para-hydroxylation sites is 1. The number of carbonyl (C=O) groups excluding carboxylic acids is 11. The van der Waals surface area contributed by atoms with Crippen molar-refractivity contribution in [2.75, 3.05) is 58.8 Å². The smallest absolute Gasteiger partial charge is 0.305 e. The molecule has 27 nitrogen and oxygen atoms in total. The highest BCUT2D eigenvalue weighted by Gasteiger charge is 2.45. The predicted molar refractivity (Wildman–Crippen MR) is 331 cm³/mol. The number of fused-ring (bicyclic) bond motifs is 1. The Labute approximate surface area is 532 Å². The second kappa shape index (κ2) is 36.2. The summed E-state index contributed by atoms with van der Waals surface area (Å²) >= 11 is 0.721. The van der Waals surface area contributed by atoms with E-state index < -0.39 is 174 Å². The van der Waals surface area contributed by atoms with E-state index in [2.05, 4.69) is 42.2 Å². The van der Waals surface area contributed by atoms with Gasteiger partial charge < -0.3 is 83.4 Å². The molecule has 92 heavy (non-hydrogen) atoms. The Morgan fingerprint density at radius 1 is 0.750 bits per heavy atom. The lowest BCUT2D eigenvalue weighted by atomic mass is 9.99. The SMILES string of the molecule is CCCC[C@@H](C(=O)N1C[C@@H](O)C[C@@H]1C(=O)N[C@H](C=O)CC(=O)O)N(C)C(=O)C(Cc1ccccc1)N(C)C(=O)[C@H](Cc1cc(F)c(F)c(F)c1)NC(=O)CSC[C@H](NC(=O)[C@H](CCCN)NC(=O)CNC(=O)[C@H](Cc1c[nH]c2ccccc12)NC)C(=O)NCC(N)=O. The largest absolute Gasteiger partial charge is 0.481 e. The lowest BCUT2D eigenvalue weighted by Gasteiger charge is -2.37. The Bertz CT molecular complexity index is 3250. The number of likely N-dealkylation sites (tertiary alicyclic amines) is 1. The number of rotatable bonds is 37. The minimum absolute atomic E-state index is 0.00177. The van der Waals surface area contributed by atoms with Gasteiger partial charge in [0.05, 0.1) is 43.5 Å². The van der Waals surface area contributed by atoms with Crippen LogP contribution in [0.5, 0.6) is 0 Å². The zero-order valence-corrected chi connectivity index (χ0v) is 52.2. The van der Waals surface area contributed by atoms with Crippen LogP contribution in [0.3, 0.4) is 0 Å². The first-order valence-corrected chi connectivity index (χ1v) is 30.9. The van der Waals surface area contributed by atoms with Crippen molar-refractivity contribution in [3.05, 3.63) is 107 Å². The van der Waals surface area contributed by atoms with E-state index in [4.69, 9.17) is 11.5 Å². The van der Waals surface area contributed by atoms with Crippen molar-refractivity contribution < 1.29 is 80.9 Å². The zero-order valence-electron chi connectivity index (χ0n) is 51.3. The second-order valence-electron chi connectivity index (χ2n) is 22.1. The molecule has 1 unspecified atom stereocenters. The number of carboxylic acid groups (broad SMARTS) is 1. The molecular formula is C61H80F3N13O14S. The minimum Gasteiger partial charge on any atom is -0.481 e. The van der Waals surface area contributed by atoms with Gasteiger partial charge in [0.2, 0.25) is 59.1 Å². The number of nitrogens with zero attached hydrogens (tertiary/aromatic N) is 3. The molecule has 1 fully saturated rings. The first kappa shape index (κ1) is 73.8. The normalized spacial score (nSPS) is 15.9. The number of aromatic nitrogens is 1. The molecule has 1 saturated heterocycles. The summed E-state index contributed by atoms with van der Waals surface area (Å²) < 4.78 is 43.9. The fourth-order valence-electron chi connectivity index (χ4n) is 10.4. The van der Waals surface area contributed by atoms with Crippen LogP contribution in [0.4, 0.5) is 13.2 Å². The number of aromatic amines is 1. The zero-order chi connectivity index (χ0) is 67.8. The first-order chi connectivity index (χ1) is 43.8. The van der Waals surface area contributed by atoms with Crippen LogP contribution in [0.25, 0.3) is 10.9 Å². The van der Waals surface area contributed by atoms with Crippen LogP contribution < -0.4 is 48.7 Å². The lowest BCUT2D eigenvalue weighted by molar-refractivity contribution is -0.152. The molecule has 10 amide bonds. The molecule has 1 aliphatic heterocycles. The van der Waals surface area contributed by atoms with Gasteiger partial charge in [-0.25, -0.2) is 13.2 Å². The number of nitrogens with one attached hydrogen (secondary N) is 8. The van der Waals surface area contributed by atoms with E-state index in [1.54, 1.807) is 43.6 Å². The van der Waals surface area contributed by atoms with Gasteiger partial charge in [0.15, 0.2) is 17.5 Å². The maximum Gasteiger partial charge on any atom is 0.305 e. The predicted octanol–water partition coefficient (Wildman–Crippen LogP) is -1.19. The number of aliphatic hydroxyl groups is 1. The number of unbranched alkanes of at least 4 members (excludes halogenated alkanes) is 1. The summed E-state index contributed by atoms with van der Waals surface area (Å²) in [6.07, 6.45) is 0.0124. The van der Waals surface area contributed by atoms with Crippen LogP contribution in [0.15, 0.2) is 72.9 Å². The summed E-state index contributed by atoms with van der Waals surface area (Å²) in [5.74, 6) is -16.2. The Morgan fingerprint density at radius 3 is 2.03 bits per heavy atom. The van der Waals surface area contributed by atoms with Crippen molar-refractivity contribution in [1.29, 1.82) is 0 Å². The van der Waals surface area contributed by atoms with Crippen LogP contribution in [0.2, 0.25) is 0 Å². The van der Waals surface area contributed by atoms with Gasteiger partial charge in [-0.3, -0.25) is 52.7 Å². The first-order valence-electron chi connectivity index (χ1n) is 29.7. The number of benzene rings is 3. The molecule has 0 bridgehead atoms. The van der Waals surface area contributed by atoms with Gasteiger partial charge in [-0.05, 0) is 74.2 Å². The molecule has 0 radical (unpaired) electrons. The van der Waals surface area contributed by atoms with Crippen LogP contribution in [-0.2, 0) is 76.8 Å². The van der Waals surface area contributed by atoms with E-state index in [1.807, 2.05) is 31.2 Å². The van der Waals surface area contributed by atoms with Crippen LogP contribution in [-0.4, -0.2) is 214 Å². The van der Waals surface area contributed by atoms with E-state index in [-0.39, 0.29) is 63.5 Å². The summed E-state index contributed by atoms with van der Waals surface area (Å²) in [7, 11) is 4.06. The number of primary amides is 1. The van der Waals surface area contributed by atoms with Crippen molar-refractivity contribution in [2.45, 2.75) is 126 Å². The van der Waals surface area contributed by atoms with Crippen molar-refractivity contribution >= 4 is 94.0 Å². The molecule has 1 aromatic heterocycles. The molecule has 5 rings (SSSR count). The van der Waals surface area contributed by atoms with Crippen molar-refractivity contribution in [1.82, 2.24) is 56.9 Å². The number of H-pyrrole nitrogens is 1. The van der Waals surface area contributed by atoms with Gasteiger partial charge in [0.1, 0.15) is 42.5 Å². The van der Waals surface area contributed by atoms with E-state index in [0.717, 1.165) is 42.9 Å². The number of nitrogens with two attached hydrogens (primary N) is 2. The van der Waals surface area contributed by atoms with Crippen molar-refractivity contribution in [3.8, 4) is 0 Å². The minimum atomic E-state index is -1.83. The van der Waals surface area contributed by atoms with Gasteiger partial charge in [0.25, 0.3) is 0 Å². The number of likely N-dealkylation sites (N-methyl/N-ethyl adjacent to an activating group) is 3. The van der Waals surface area contributed by atoms with Crippen molar-refractivity contribution in [2.24, 2.45) is 11.5 Å². The molecule has 9 atom stereocenters. The molecular weight excluding hydrogens is 1230 g/mol. The average Bonchev–Trinajstić information content (AvgIpc) is 1.40. The number of amides is 10. The molecule has 3 aromatic carbocycles. The highest BCUT2D eigenvalue weighted by atomic mass is 32.2. The number of halogens is 3. The van der Waals surface area contributed by atoms with Gasteiger partial charge in [-0.2, -0.15) is 0 Å². The quantitative estimate of drug-likeness (QED) is 0.0187. The van der Waals surface area contributed by atoms with E-state index >= 15 is 9.59 Å². The molecule has 0 spiro atoms. The monoisotopic (exact) mass is 1310 g/mol. The molecule has 31 heteroatoms. The third-order valence-electron chi connectivity index (χ3n) is 15.3.